The third-order valence-corrected chi connectivity index (χ3v) is 7.01. The highest BCUT2D eigenvalue weighted by Gasteiger charge is 2.25. The van der Waals surface area contributed by atoms with Gasteiger partial charge in [0.1, 0.15) is 5.82 Å². The summed E-state index contributed by atoms with van der Waals surface area (Å²) in [6.45, 7) is 1.71. The zero-order chi connectivity index (χ0) is 22.2. The molecular weight excluding hydrogens is 484 g/mol. The van der Waals surface area contributed by atoms with Gasteiger partial charge in [0, 0.05) is 35.7 Å². The van der Waals surface area contributed by atoms with Crippen molar-refractivity contribution in [1.29, 1.82) is 0 Å². The molecule has 10 heteroatoms. The second-order valence-corrected chi connectivity index (χ2v) is 9.57. The summed E-state index contributed by atoms with van der Waals surface area (Å²) in [5.41, 5.74) is 4.70. The molecule has 2 N–H and O–H groups in total. The number of aromatic nitrogens is 6. The Morgan fingerprint density at radius 3 is 2.70 bits per heavy atom. The minimum absolute atomic E-state index is 0.350. The predicted octanol–water partition coefficient (Wildman–Crippen LogP) is 3.98. The highest BCUT2D eigenvalue weighted by atomic mass is 79.9. The van der Waals surface area contributed by atoms with E-state index in [1.807, 2.05) is 12.1 Å². The number of nitrogens with one attached hydrogen (secondary N) is 2. The molecule has 1 aromatic carbocycles. The zero-order valence-corrected chi connectivity index (χ0v) is 19.5. The maximum Gasteiger partial charge on any atom is 0.318 e. The van der Waals surface area contributed by atoms with E-state index in [2.05, 4.69) is 74.9 Å². The molecule has 3 aromatic heterocycles. The number of hydrogen-bond acceptors (Lipinski definition) is 8. The number of rotatable bonds is 5. The fourth-order valence-electron chi connectivity index (χ4n) is 4.75. The lowest BCUT2D eigenvalue weighted by atomic mass is 9.94. The van der Waals surface area contributed by atoms with Crippen molar-refractivity contribution >= 4 is 27.8 Å². The van der Waals surface area contributed by atoms with E-state index in [9.17, 15) is 0 Å². The number of benzene rings is 1. The molecule has 2 aliphatic rings. The molecule has 0 bridgehead atoms. The van der Waals surface area contributed by atoms with Crippen LogP contribution >= 0.6 is 15.9 Å². The molecule has 33 heavy (non-hydrogen) atoms. The molecule has 1 atom stereocenters. The van der Waals surface area contributed by atoms with E-state index < -0.39 is 0 Å². The van der Waals surface area contributed by atoms with Crippen molar-refractivity contribution in [2.45, 2.75) is 37.6 Å². The van der Waals surface area contributed by atoms with E-state index in [1.54, 1.807) is 12.4 Å². The molecule has 6 rings (SSSR count). The van der Waals surface area contributed by atoms with Crippen molar-refractivity contribution in [2.75, 3.05) is 23.3 Å². The maximum atomic E-state index is 5.97. The topological polar surface area (TPSA) is 109 Å². The minimum Gasteiger partial charge on any atom is -0.403 e. The molecule has 1 aliphatic heterocycles. The Kier molecular flexibility index (Phi) is 5.29. The molecule has 0 saturated carbocycles. The lowest BCUT2D eigenvalue weighted by Crippen LogP contribution is -2.33. The quantitative estimate of drug-likeness (QED) is 0.418. The number of hydrogen-bond donors (Lipinski definition) is 2. The molecule has 4 heterocycles. The third-order valence-electron chi connectivity index (χ3n) is 6.52. The Hall–Kier alpha value is -3.27. The molecule has 9 nitrogen and oxygen atoms in total. The SMILES string of the molecule is Brc1ccc2c(c1)CC(Nc1ccc(-c3nnc(N4CCC(c5cnn[nH]5)CC4)o3)cn1)C2. The van der Waals surface area contributed by atoms with Gasteiger partial charge in [0.15, 0.2) is 0 Å². The number of anilines is 2. The Bertz CT molecular complexity index is 1230. The molecule has 1 aliphatic carbocycles. The number of aromatic amines is 1. The first kappa shape index (κ1) is 20.3. The second kappa shape index (κ2) is 8.58. The Morgan fingerprint density at radius 2 is 1.91 bits per heavy atom. The second-order valence-electron chi connectivity index (χ2n) is 8.66. The summed E-state index contributed by atoms with van der Waals surface area (Å²) in [6, 6.07) is 11.4. The van der Waals surface area contributed by atoms with Gasteiger partial charge in [-0.2, -0.15) is 0 Å². The van der Waals surface area contributed by atoms with Crippen LogP contribution in [0, 0.1) is 0 Å². The first-order chi connectivity index (χ1) is 16.2. The first-order valence-corrected chi connectivity index (χ1v) is 12.0. The van der Waals surface area contributed by atoms with Crippen LogP contribution < -0.4 is 10.2 Å². The molecule has 0 radical (unpaired) electrons. The van der Waals surface area contributed by atoms with E-state index in [0.29, 0.717) is 23.9 Å². The van der Waals surface area contributed by atoms with Crippen LogP contribution in [-0.2, 0) is 12.8 Å². The minimum atomic E-state index is 0.350. The van der Waals surface area contributed by atoms with Crippen LogP contribution in [0.1, 0.15) is 35.6 Å². The van der Waals surface area contributed by atoms with E-state index >= 15 is 0 Å². The van der Waals surface area contributed by atoms with Gasteiger partial charge in [-0.25, -0.2) is 4.98 Å². The van der Waals surface area contributed by atoms with Crippen molar-refractivity contribution < 1.29 is 4.42 Å². The monoisotopic (exact) mass is 506 g/mol. The van der Waals surface area contributed by atoms with Crippen LogP contribution in [0.15, 0.2) is 51.6 Å². The van der Waals surface area contributed by atoms with Gasteiger partial charge >= 0.3 is 6.01 Å². The summed E-state index contributed by atoms with van der Waals surface area (Å²) in [7, 11) is 0. The van der Waals surface area contributed by atoms with Gasteiger partial charge in [-0.3, -0.25) is 5.10 Å². The molecule has 1 unspecified atom stereocenters. The normalized spacial score (nSPS) is 18.5. The number of pyridine rings is 1. The standard InChI is InChI=1S/C23H23BrN8O/c24-18-3-1-15-10-19(11-17(15)9-18)27-21-4-2-16(12-25-21)22-29-30-23(33-22)32-7-5-14(6-8-32)20-13-26-31-28-20/h1-4,9,12-14,19H,5-8,10-11H2,(H,25,27)(H,26,28,31). The van der Waals surface area contributed by atoms with Gasteiger partial charge in [-0.05, 0) is 61.1 Å². The molecular formula is C23H23BrN8O. The molecule has 168 valence electrons. The molecule has 1 saturated heterocycles. The first-order valence-electron chi connectivity index (χ1n) is 11.2. The number of nitrogens with zero attached hydrogens (tertiary/aromatic N) is 6. The van der Waals surface area contributed by atoms with E-state index in [4.69, 9.17) is 4.42 Å². The number of halogens is 1. The third kappa shape index (κ3) is 4.22. The summed E-state index contributed by atoms with van der Waals surface area (Å²) in [6.07, 6.45) is 7.58. The van der Waals surface area contributed by atoms with Crippen LogP contribution in [0.25, 0.3) is 11.5 Å². The van der Waals surface area contributed by atoms with E-state index in [-0.39, 0.29) is 0 Å². The Labute approximate surface area is 199 Å². The average Bonchev–Trinajstić information content (AvgIpc) is 3.60. The Morgan fingerprint density at radius 1 is 1.03 bits per heavy atom. The molecule has 4 aromatic rings. The summed E-state index contributed by atoms with van der Waals surface area (Å²) in [5, 5.41) is 22.7. The summed E-state index contributed by atoms with van der Waals surface area (Å²) in [4.78, 5) is 6.72. The lowest BCUT2D eigenvalue weighted by molar-refractivity contribution is 0.456. The van der Waals surface area contributed by atoms with Crippen LogP contribution in [0.5, 0.6) is 0 Å². The lowest BCUT2D eigenvalue weighted by Gasteiger charge is -2.29. The van der Waals surface area contributed by atoms with Crippen LogP contribution in [-0.4, -0.2) is 49.7 Å². The molecule has 0 amide bonds. The zero-order valence-electron chi connectivity index (χ0n) is 17.9. The van der Waals surface area contributed by atoms with Gasteiger partial charge in [-0.1, -0.05) is 32.3 Å². The molecule has 1 fully saturated rings. The summed E-state index contributed by atoms with van der Waals surface area (Å²) in [5.74, 6) is 1.78. The van der Waals surface area contributed by atoms with Crippen LogP contribution in [0.4, 0.5) is 11.8 Å². The largest absolute Gasteiger partial charge is 0.403 e. The van der Waals surface area contributed by atoms with Gasteiger partial charge in [-0.15, -0.1) is 10.2 Å². The number of fused-ring (bicyclic) bond motifs is 1. The van der Waals surface area contributed by atoms with Crippen LogP contribution in [0.3, 0.4) is 0 Å². The van der Waals surface area contributed by atoms with Crippen molar-refractivity contribution in [3.8, 4) is 11.5 Å². The van der Waals surface area contributed by atoms with Crippen molar-refractivity contribution in [3.63, 3.8) is 0 Å². The predicted molar refractivity (Wildman–Crippen MR) is 127 cm³/mol. The highest BCUT2D eigenvalue weighted by molar-refractivity contribution is 9.10. The van der Waals surface area contributed by atoms with Crippen molar-refractivity contribution in [1.82, 2.24) is 30.6 Å². The van der Waals surface area contributed by atoms with E-state index in [0.717, 1.165) is 60.3 Å². The van der Waals surface area contributed by atoms with Crippen molar-refractivity contribution in [3.05, 3.63) is 64.0 Å². The van der Waals surface area contributed by atoms with Gasteiger partial charge in [0.05, 0.1) is 17.5 Å². The van der Waals surface area contributed by atoms with Crippen molar-refractivity contribution in [2.24, 2.45) is 0 Å². The number of piperidine rings is 1. The van der Waals surface area contributed by atoms with Crippen LogP contribution in [0.2, 0.25) is 0 Å². The maximum absolute atomic E-state index is 5.97. The molecule has 0 spiro atoms. The highest BCUT2D eigenvalue weighted by Crippen LogP contribution is 2.30. The fraction of sp³-hybridized carbons (Fsp3) is 0.348. The Balaban J connectivity index is 1.07. The van der Waals surface area contributed by atoms with Gasteiger partial charge in [0.25, 0.3) is 5.89 Å². The van der Waals surface area contributed by atoms with Gasteiger partial charge in [0.2, 0.25) is 0 Å². The smallest absolute Gasteiger partial charge is 0.318 e. The summed E-state index contributed by atoms with van der Waals surface area (Å²) < 4.78 is 7.10. The number of H-pyrrole nitrogens is 1. The summed E-state index contributed by atoms with van der Waals surface area (Å²) >= 11 is 3.56. The fourth-order valence-corrected chi connectivity index (χ4v) is 5.16. The average molecular weight is 507 g/mol. The van der Waals surface area contributed by atoms with E-state index in [1.165, 1.54) is 11.1 Å². The van der Waals surface area contributed by atoms with Gasteiger partial charge < -0.3 is 14.6 Å².